The Morgan fingerprint density at radius 2 is 2.00 bits per heavy atom. The molecule has 0 unspecified atom stereocenters. The molecule has 0 spiro atoms. The Kier molecular flexibility index (Phi) is 2.11. The van der Waals surface area contributed by atoms with E-state index < -0.39 is 0 Å². The fourth-order valence-corrected chi connectivity index (χ4v) is 1.65. The van der Waals surface area contributed by atoms with Gasteiger partial charge in [0, 0.05) is 23.1 Å². The molecule has 2 heteroatoms. The van der Waals surface area contributed by atoms with Gasteiger partial charge in [0.25, 0.3) is 0 Å². The van der Waals surface area contributed by atoms with E-state index in [1.807, 2.05) is 31.3 Å². The highest BCUT2D eigenvalue weighted by molar-refractivity contribution is 6.31. The highest BCUT2D eigenvalue weighted by Gasteiger charge is 1.98. The van der Waals surface area contributed by atoms with Gasteiger partial charge in [-0.2, -0.15) is 0 Å². The molecule has 0 aliphatic carbocycles. The summed E-state index contributed by atoms with van der Waals surface area (Å²) in [6, 6.07) is 12.0. The van der Waals surface area contributed by atoms with Crippen LogP contribution in [0.1, 0.15) is 0 Å². The zero-order valence-electron chi connectivity index (χ0n) is 7.34. The molecule has 0 amide bonds. The number of nitrogens with one attached hydrogen (secondary N) is 1. The molecule has 0 saturated heterocycles. The zero-order valence-corrected chi connectivity index (χ0v) is 8.10. The van der Waals surface area contributed by atoms with Gasteiger partial charge in [-0.05, 0) is 23.6 Å². The van der Waals surface area contributed by atoms with Crippen molar-refractivity contribution < 1.29 is 0 Å². The lowest BCUT2D eigenvalue weighted by Crippen LogP contribution is -1.88. The van der Waals surface area contributed by atoms with Gasteiger partial charge in [0.2, 0.25) is 0 Å². The summed E-state index contributed by atoms with van der Waals surface area (Å²) in [5, 5.41) is 6.29. The van der Waals surface area contributed by atoms with Crippen LogP contribution in [0.2, 0.25) is 5.02 Å². The molecule has 0 aromatic heterocycles. The highest BCUT2D eigenvalue weighted by atomic mass is 35.5. The molecule has 13 heavy (non-hydrogen) atoms. The van der Waals surface area contributed by atoms with Gasteiger partial charge in [0.15, 0.2) is 0 Å². The number of rotatable bonds is 1. The molecule has 1 N–H and O–H groups in total. The number of halogens is 1. The predicted octanol–water partition coefficient (Wildman–Crippen LogP) is 3.53. The lowest BCUT2D eigenvalue weighted by molar-refractivity contribution is 1.55. The van der Waals surface area contributed by atoms with Crippen molar-refractivity contribution in [3.63, 3.8) is 0 Å². The lowest BCUT2D eigenvalue weighted by atomic mass is 10.1. The largest absolute Gasteiger partial charge is 0.388 e. The molecule has 0 fully saturated rings. The van der Waals surface area contributed by atoms with Gasteiger partial charge in [-0.1, -0.05) is 29.8 Å². The van der Waals surface area contributed by atoms with Crippen LogP contribution in [0.3, 0.4) is 0 Å². The Balaban J connectivity index is 2.77. The van der Waals surface area contributed by atoms with Gasteiger partial charge in [0.1, 0.15) is 0 Å². The minimum absolute atomic E-state index is 0.778. The second-order valence-corrected chi connectivity index (χ2v) is 3.36. The van der Waals surface area contributed by atoms with E-state index in [0.29, 0.717) is 0 Å². The maximum absolute atomic E-state index is 5.89. The van der Waals surface area contributed by atoms with Crippen molar-refractivity contribution in [3.05, 3.63) is 41.4 Å². The summed E-state index contributed by atoms with van der Waals surface area (Å²) >= 11 is 5.89. The Morgan fingerprint density at radius 1 is 1.15 bits per heavy atom. The van der Waals surface area contributed by atoms with E-state index in [-0.39, 0.29) is 0 Å². The average molecular weight is 192 g/mol. The van der Waals surface area contributed by atoms with Gasteiger partial charge in [-0.25, -0.2) is 0 Å². The second-order valence-electron chi connectivity index (χ2n) is 2.92. The minimum atomic E-state index is 0.778. The van der Waals surface area contributed by atoms with Crippen LogP contribution >= 0.6 is 11.6 Å². The summed E-state index contributed by atoms with van der Waals surface area (Å²) < 4.78 is 0. The zero-order chi connectivity index (χ0) is 9.26. The standard InChI is InChI=1S/C11H10ClN/c1-13-11-4-2-3-8-7-9(12)5-6-10(8)11/h2-7,13H,1H3. The van der Waals surface area contributed by atoms with Gasteiger partial charge in [0.05, 0.1) is 0 Å². The van der Waals surface area contributed by atoms with E-state index in [1.165, 1.54) is 10.8 Å². The molecular formula is C11H10ClN. The van der Waals surface area contributed by atoms with Crippen LogP contribution in [0.15, 0.2) is 36.4 Å². The molecular weight excluding hydrogens is 182 g/mol. The molecule has 66 valence electrons. The van der Waals surface area contributed by atoms with E-state index in [2.05, 4.69) is 17.4 Å². The molecule has 0 heterocycles. The van der Waals surface area contributed by atoms with Crippen LogP contribution in [0, 0.1) is 0 Å². The number of anilines is 1. The topological polar surface area (TPSA) is 12.0 Å². The van der Waals surface area contributed by atoms with Crippen molar-refractivity contribution in [2.45, 2.75) is 0 Å². The summed E-state index contributed by atoms with van der Waals surface area (Å²) in [7, 11) is 1.92. The summed E-state index contributed by atoms with van der Waals surface area (Å²) in [5.41, 5.74) is 1.13. The quantitative estimate of drug-likeness (QED) is 0.727. The van der Waals surface area contributed by atoms with Crippen molar-refractivity contribution >= 4 is 28.1 Å². The monoisotopic (exact) mass is 191 g/mol. The molecule has 0 radical (unpaired) electrons. The fourth-order valence-electron chi connectivity index (χ4n) is 1.47. The van der Waals surface area contributed by atoms with Crippen LogP contribution < -0.4 is 5.32 Å². The molecule has 1 nitrogen and oxygen atoms in total. The lowest BCUT2D eigenvalue weighted by Gasteiger charge is -2.05. The molecule has 2 aromatic carbocycles. The Morgan fingerprint density at radius 3 is 2.77 bits per heavy atom. The molecule has 0 atom stereocenters. The van der Waals surface area contributed by atoms with Crippen LogP contribution in [-0.4, -0.2) is 7.05 Å². The van der Waals surface area contributed by atoms with Crippen LogP contribution in [0.5, 0.6) is 0 Å². The Labute approximate surface area is 82.3 Å². The smallest absolute Gasteiger partial charge is 0.0417 e. The third kappa shape index (κ3) is 1.47. The number of benzene rings is 2. The number of fused-ring (bicyclic) bond motifs is 1. The van der Waals surface area contributed by atoms with Gasteiger partial charge < -0.3 is 5.32 Å². The van der Waals surface area contributed by atoms with Crippen molar-refractivity contribution in [1.82, 2.24) is 0 Å². The number of hydrogen-bond donors (Lipinski definition) is 1. The van der Waals surface area contributed by atoms with Crippen molar-refractivity contribution in [3.8, 4) is 0 Å². The third-order valence-electron chi connectivity index (χ3n) is 2.11. The van der Waals surface area contributed by atoms with E-state index >= 15 is 0 Å². The first kappa shape index (κ1) is 8.39. The van der Waals surface area contributed by atoms with Gasteiger partial charge in [-0.3, -0.25) is 0 Å². The molecule has 0 saturated carbocycles. The summed E-state index contributed by atoms with van der Waals surface area (Å²) in [5.74, 6) is 0. The minimum Gasteiger partial charge on any atom is -0.388 e. The average Bonchev–Trinajstić information content (AvgIpc) is 2.16. The Hall–Kier alpha value is -1.21. The first-order valence-electron chi connectivity index (χ1n) is 4.17. The SMILES string of the molecule is CNc1cccc2cc(Cl)ccc12. The van der Waals surface area contributed by atoms with E-state index in [9.17, 15) is 0 Å². The van der Waals surface area contributed by atoms with Crippen LogP contribution in [0.4, 0.5) is 5.69 Å². The molecule has 2 rings (SSSR count). The van der Waals surface area contributed by atoms with E-state index in [4.69, 9.17) is 11.6 Å². The molecule has 2 aromatic rings. The van der Waals surface area contributed by atoms with E-state index in [1.54, 1.807) is 0 Å². The van der Waals surface area contributed by atoms with Crippen molar-refractivity contribution in [2.24, 2.45) is 0 Å². The molecule has 0 aliphatic heterocycles. The molecule has 0 aliphatic rings. The van der Waals surface area contributed by atoms with Crippen molar-refractivity contribution in [2.75, 3.05) is 12.4 Å². The van der Waals surface area contributed by atoms with E-state index in [0.717, 1.165) is 10.7 Å². The van der Waals surface area contributed by atoms with Gasteiger partial charge in [-0.15, -0.1) is 0 Å². The number of hydrogen-bond acceptors (Lipinski definition) is 1. The van der Waals surface area contributed by atoms with Crippen LogP contribution in [0.25, 0.3) is 10.8 Å². The predicted molar refractivity (Wildman–Crippen MR) is 58.5 cm³/mol. The first-order chi connectivity index (χ1) is 6.31. The fraction of sp³-hybridized carbons (Fsp3) is 0.0909. The summed E-state index contributed by atoms with van der Waals surface area (Å²) in [6.07, 6.45) is 0. The maximum Gasteiger partial charge on any atom is 0.0417 e. The summed E-state index contributed by atoms with van der Waals surface area (Å²) in [6.45, 7) is 0. The second kappa shape index (κ2) is 3.27. The van der Waals surface area contributed by atoms with Crippen LogP contribution in [-0.2, 0) is 0 Å². The highest BCUT2D eigenvalue weighted by Crippen LogP contribution is 2.25. The van der Waals surface area contributed by atoms with Crippen molar-refractivity contribution in [1.29, 1.82) is 0 Å². The summed E-state index contributed by atoms with van der Waals surface area (Å²) in [4.78, 5) is 0. The maximum atomic E-state index is 5.89. The molecule has 0 bridgehead atoms. The van der Waals surface area contributed by atoms with Gasteiger partial charge >= 0.3 is 0 Å². The Bertz CT molecular complexity index is 437. The normalized spacial score (nSPS) is 10.3. The first-order valence-corrected chi connectivity index (χ1v) is 4.55. The third-order valence-corrected chi connectivity index (χ3v) is 2.35.